The van der Waals surface area contributed by atoms with Crippen molar-refractivity contribution >= 4 is 5.97 Å². The van der Waals surface area contributed by atoms with Gasteiger partial charge in [0.25, 0.3) is 0 Å². The van der Waals surface area contributed by atoms with E-state index in [1.165, 1.54) is 0 Å². The Morgan fingerprint density at radius 1 is 0.810 bits per heavy atom. The predicted octanol–water partition coefficient (Wildman–Crippen LogP) is 1.80. The zero-order valence-corrected chi connectivity index (χ0v) is 13.8. The summed E-state index contributed by atoms with van der Waals surface area (Å²) in [6.07, 6.45) is 1.04. The van der Waals surface area contributed by atoms with Gasteiger partial charge >= 0.3 is 5.97 Å². The minimum Gasteiger partial charge on any atom is -0.460 e. The number of carbonyl (C=O) groups is 1. The van der Waals surface area contributed by atoms with Crippen LogP contribution in [-0.2, 0) is 28.5 Å². The molecule has 0 bridgehead atoms. The molecule has 126 valence electrons. The van der Waals surface area contributed by atoms with Crippen LogP contribution in [0.3, 0.4) is 0 Å². The first-order valence-electron chi connectivity index (χ1n) is 7.39. The Kier molecular flexibility index (Phi) is 12.6. The van der Waals surface area contributed by atoms with Crippen LogP contribution < -0.4 is 0 Å². The summed E-state index contributed by atoms with van der Waals surface area (Å²) in [6, 6.07) is 0. The van der Waals surface area contributed by atoms with Gasteiger partial charge < -0.3 is 23.7 Å². The van der Waals surface area contributed by atoms with Crippen LogP contribution in [0.1, 0.15) is 33.6 Å². The lowest BCUT2D eigenvalue weighted by molar-refractivity contribution is -0.155. The Morgan fingerprint density at radius 3 is 1.76 bits per heavy atom. The lowest BCUT2D eigenvalue weighted by atomic mass is 10.2. The largest absolute Gasteiger partial charge is 0.460 e. The standard InChI is InChI=1S/C15H30O6/c1-15(2,3)21-14(16)6-5-7-18-10-11-20-13-12-19-9-8-17-4/h5-13H2,1-4H3. The summed E-state index contributed by atoms with van der Waals surface area (Å²) in [7, 11) is 1.64. The lowest BCUT2D eigenvalue weighted by Gasteiger charge is -2.19. The van der Waals surface area contributed by atoms with Crippen molar-refractivity contribution in [3.05, 3.63) is 0 Å². The number of esters is 1. The third kappa shape index (κ3) is 17.3. The van der Waals surface area contributed by atoms with E-state index in [0.717, 1.165) is 0 Å². The monoisotopic (exact) mass is 306 g/mol. The quantitative estimate of drug-likeness (QED) is 0.382. The first-order chi connectivity index (χ1) is 9.95. The van der Waals surface area contributed by atoms with Crippen molar-refractivity contribution in [2.45, 2.75) is 39.2 Å². The van der Waals surface area contributed by atoms with E-state index in [1.807, 2.05) is 20.8 Å². The van der Waals surface area contributed by atoms with Gasteiger partial charge in [-0.2, -0.15) is 0 Å². The van der Waals surface area contributed by atoms with Crippen LogP contribution in [0.2, 0.25) is 0 Å². The van der Waals surface area contributed by atoms with Gasteiger partial charge in [-0.05, 0) is 27.2 Å². The van der Waals surface area contributed by atoms with E-state index >= 15 is 0 Å². The van der Waals surface area contributed by atoms with Crippen molar-refractivity contribution in [3.8, 4) is 0 Å². The van der Waals surface area contributed by atoms with Crippen LogP contribution in [0, 0.1) is 0 Å². The second kappa shape index (κ2) is 13.0. The molecule has 0 N–H and O–H groups in total. The molecule has 0 aliphatic heterocycles. The van der Waals surface area contributed by atoms with Gasteiger partial charge in [-0.15, -0.1) is 0 Å². The molecular weight excluding hydrogens is 276 g/mol. The fraction of sp³-hybridized carbons (Fsp3) is 0.933. The fourth-order valence-electron chi connectivity index (χ4n) is 1.40. The van der Waals surface area contributed by atoms with Gasteiger partial charge in [0.1, 0.15) is 5.60 Å². The minimum absolute atomic E-state index is 0.185. The summed E-state index contributed by atoms with van der Waals surface area (Å²) in [5.74, 6) is -0.185. The second-order valence-electron chi connectivity index (χ2n) is 5.52. The summed E-state index contributed by atoms with van der Waals surface area (Å²) in [6.45, 7) is 9.45. The van der Waals surface area contributed by atoms with Crippen LogP contribution >= 0.6 is 0 Å². The molecule has 0 rings (SSSR count). The minimum atomic E-state index is -0.420. The third-order valence-corrected chi connectivity index (χ3v) is 2.27. The molecule has 0 saturated heterocycles. The molecule has 0 saturated carbocycles. The molecule has 0 aromatic heterocycles. The van der Waals surface area contributed by atoms with E-state index in [2.05, 4.69) is 0 Å². The predicted molar refractivity (Wildman–Crippen MR) is 79.4 cm³/mol. The van der Waals surface area contributed by atoms with Crippen LogP contribution in [0.15, 0.2) is 0 Å². The average molecular weight is 306 g/mol. The Morgan fingerprint density at radius 2 is 1.29 bits per heavy atom. The summed E-state index contributed by atoms with van der Waals surface area (Å²) < 4.78 is 26.0. The molecular formula is C15H30O6. The zero-order chi connectivity index (χ0) is 16.0. The van der Waals surface area contributed by atoms with E-state index in [-0.39, 0.29) is 5.97 Å². The van der Waals surface area contributed by atoms with Gasteiger partial charge in [-0.1, -0.05) is 0 Å². The smallest absolute Gasteiger partial charge is 0.306 e. The average Bonchev–Trinajstić information content (AvgIpc) is 2.38. The second-order valence-corrected chi connectivity index (χ2v) is 5.52. The molecule has 0 amide bonds. The third-order valence-electron chi connectivity index (χ3n) is 2.27. The maximum absolute atomic E-state index is 11.4. The van der Waals surface area contributed by atoms with E-state index in [1.54, 1.807) is 7.11 Å². The van der Waals surface area contributed by atoms with Crippen LogP contribution in [0.4, 0.5) is 0 Å². The zero-order valence-electron chi connectivity index (χ0n) is 13.8. The topological polar surface area (TPSA) is 63.2 Å². The van der Waals surface area contributed by atoms with Crippen LogP contribution in [0.25, 0.3) is 0 Å². The Balaban J connectivity index is 3.17. The van der Waals surface area contributed by atoms with Gasteiger partial charge in [0.15, 0.2) is 0 Å². The maximum Gasteiger partial charge on any atom is 0.306 e. The number of hydrogen-bond acceptors (Lipinski definition) is 6. The van der Waals surface area contributed by atoms with Crippen molar-refractivity contribution in [2.75, 3.05) is 53.4 Å². The lowest BCUT2D eigenvalue weighted by Crippen LogP contribution is -2.23. The highest BCUT2D eigenvalue weighted by Crippen LogP contribution is 2.08. The van der Waals surface area contributed by atoms with E-state index in [0.29, 0.717) is 59.1 Å². The van der Waals surface area contributed by atoms with E-state index in [4.69, 9.17) is 23.7 Å². The molecule has 0 fully saturated rings. The molecule has 0 atom stereocenters. The summed E-state index contributed by atoms with van der Waals surface area (Å²) in [5, 5.41) is 0. The van der Waals surface area contributed by atoms with Crippen LogP contribution in [0.5, 0.6) is 0 Å². The summed E-state index contributed by atoms with van der Waals surface area (Å²) in [4.78, 5) is 11.4. The molecule has 0 heterocycles. The fourth-order valence-corrected chi connectivity index (χ4v) is 1.40. The van der Waals surface area contributed by atoms with Crippen molar-refractivity contribution in [2.24, 2.45) is 0 Å². The van der Waals surface area contributed by atoms with E-state index < -0.39 is 5.60 Å². The van der Waals surface area contributed by atoms with Gasteiger partial charge in [-0.25, -0.2) is 0 Å². The number of methoxy groups -OCH3 is 1. The van der Waals surface area contributed by atoms with Gasteiger partial charge in [0.05, 0.1) is 39.6 Å². The van der Waals surface area contributed by atoms with Gasteiger partial charge in [0.2, 0.25) is 0 Å². The van der Waals surface area contributed by atoms with Crippen molar-refractivity contribution in [1.82, 2.24) is 0 Å². The molecule has 0 aromatic rings. The molecule has 6 heteroatoms. The van der Waals surface area contributed by atoms with Gasteiger partial charge in [-0.3, -0.25) is 4.79 Å². The molecule has 0 aliphatic rings. The molecule has 0 aliphatic carbocycles. The highest BCUT2D eigenvalue weighted by atomic mass is 16.6. The Hall–Kier alpha value is -0.690. The maximum atomic E-state index is 11.4. The number of carbonyl (C=O) groups excluding carboxylic acids is 1. The highest BCUT2D eigenvalue weighted by Gasteiger charge is 2.15. The Labute approximate surface area is 128 Å². The SMILES string of the molecule is COCCOCCOCCOCCCC(=O)OC(C)(C)C. The van der Waals surface area contributed by atoms with Crippen molar-refractivity contribution < 1.29 is 28.5 Å². The van der Waals surface area contributed by atoms with Crippen molar-refractivity contribution in [3.63, 3.8) is 0 Å². The number of hydrogen-bond donors (Lipinski definition) is 0. The van der Waals surface area contributed by atoms with Crippen molar-refractivity contribution in [1.29, 1.82) is 0 Å². The normalized spacial score (nSPS) is 11.6. The molecule has 0 radical (unpaired) electrons. The summed E-state index contributed by atoms with van der Waals surface area (Å²) in [5.41, 5.74) is -0.420. The first kappa shape index (κ1) is 20.3. The number of rotatable bonds is 13. The van der Waals surface area contributed by atoms with E-state index in [9.17, 15) is 4.79 Å². The molecule has 21 heavy (non-hydrogen) atoms. The Bertz CT molecular complexity index is 249. The number of ether oxygens (including phenoxy) is 5. The first-order valence-corrected chi connectivity index (χ1v) is 7.39. The molecule has 0 unspecified atom stereocenters. The molecule has 0 aromatic carbocycles. The van der Waals surface area contributed by atoms with Gasteiger partial charge in [0, 0.05) is 20.1 Å². The summed E-state index contributed by atoms with van der Waals surface area (Å²) >= 11 is 0. The van der Waals surface area contributed by atoms with Crippen LogP contribution in [-0.4, -0.2) is 64.9 Å². The highest BCUT2D eigenvalue weighted by molar-refractivity contribution is 5.69. The molecule has 0 spiro atoms. The molecule has 6 nitrogen and oxygen atoms in total.